The Kier molecular flexibility index (Phi) is 7.21. The molecule has 0 aliphatic rings. The van der Waals surface area contributed by atoms with Crippen LogP contribution in [0.5, 0.6) is 5.75 Å². The number of nitrogens with one attached hydrogen (secondary N) is 2. The highest BCUT2D eigenvalue weighted by Gasteiger charge is 2.24. The summed E-state index contributed by atoms with van der Waals surface area (Å²) in [6.45, 7) is 7.72. The van der Waals surface area contributed by atoms with E-state index in [1.807, 2.05) is 12.1 Å². The molecule has 0 aliphatic heterocycles. The van der Waals surface area contributed by atoms with Crippen LogP contribution in [0.15, 0.2) is 48.5 Å². The van der Waals surface area contributed by atoms with Crippen LogP contribution in [0.4, 0.5) is 0 Å². The summed E-state index contributed by atoms with van der Waals surface area (Å²) in [5.41, 5.74) is 2.12. The zero-order valence-corrected chi connectivity index (χ0v) is 17.6. The van der Waals surface area contributed by atoms with Gasteiger partial charge in [-0.15, -0.1) is 0 Å². The zero-order valence-electron chi connectivity index (χ0n) is 17.6. The fourth-order valence-corrected chi connectivity index (χ4v) is 2.83. The lowest BCUT2D eigenvalue weighted by atomic mass is 9.86. The van der Waals surface area contributed by atoms with Gasteiger partial charge >= 0.3 is 5.97 Å². The lowest BCUT2D eigenvalue weighted by molar-refractivity contribution is -0.142. The number of carboxylic acids is 1. The number of phenolic OH excluding ortho intramolecular Hbond substituents is 1. The van der Waals surface area contributed by atoms with E-state index >= 15 is 0 Å². The molecule has 160 valence electrons. The minimum atomic E-state index is -1.19. The zero-order chi connectivity index (χ0) is 22.5. The van der Waals surface area contributed by atoms with Gasteiger partial charge < -0.3 is 20.8 Å². The molecule has 0 aliphatic carbocycles. The second kappa shape index (κ2) is 9.43. The number of phenols is 1. The molecule has 30 heavy (non-hydrogen) atoms. The molecule has 0 saturated heterocycles. The molecule has 0 unspecified atom stereocenters. The van der Waals surface area contributed by atoms with E-state index in [1.165, 1.54) is 19.1 Å². The van der Waals surface area contributed by atoms with Gasteiger partial charge in [0.15, 0.2) is 0 Å². The SMILES string of the molecule is C[C@@H](NC(=O)c1ccc(C(C)(C)C)cc1)C(=O)N[C@@H](Cc1ccc(O)cc1)C(=O)O. The molecule has 0 heterocycles. The van der Waals surface area contributed by atoms with Crippen LogP contribution in [0, 0.1) is 0 Å². The minimum absolute atomic E-state index is 0.0362. The highest BCUT2D eigenvalue weighted by molar-refractivity contribution is 5.98. The van der Waals surface area contributed by atoms with Crippen LogP contribution < -0.4 is 10.6 Å². The average Bonchev–Trinajstić information content (AvgIpc) is 2.68. The number of carbonyl (C=O) groups is 3. The predicted octanol–water partition coefficient (Wildman–Crippen LogP) is 2.62. The number of hydrogen-bond acceptors (Lipinski definition) is 4. The first-order chi connectivity index (χ1) is 14.0. The van der Waals surface area contributed by atoms with Crippen molar-refractivity contribution in [2.75, 3.05) is 0 Å². The lowest BCUT2D eigenvalue weighted by Crippen LogP contribution is -2.51. The van der Waals surface area contributed by atoms with Crippen molar-refractivity contribution in [2.45, 2.75) is 51.6 Å². The molecular weight excluding hydrogens is 384 g/mol. The summed E-state index contributed by atoms with van der Waals surface area (Å²) >= 11 is 0. The molecule has 0 spiro atoms. The molecule has 2 amide bonds. The van der Waals surface area contributed by atoms with Crippen molar-refractivity contribution in [1.82, 2.24) is 10.6 Å². The topological polar surface area (TPSA) is 116 Å². The van der Waals surface area contributed by atoms with Crippen molar-refractivity contribution < 1.29 is 24.6 Å². The van der Waals surface area contributed by atoms with Crippen LogP contribution in [0.2, 0.25) is 0 Å². The molecule has 2 aromatic carbocycles. The molecule has 7 nitrogen and oxygen atoms in total. The smallest absolute Gasteiger partial charge is 0.326 e. The van der Waals surface area contributed by atoms with E-state index in [1.54, 1.807) is 24.3 Å². The van der Waals surface area contributed by atoms with E-state index in [-0.39, 0.29) is 17.6 Å². The Morgan fingerprint density at radius 2 is 1.50 bits per heavy atom. The molecule has 7 heteroatoms. The van der Waals surface area contributed by atoms with Crippen molar-refractivity contribution in [3.8, 4) is 5.75 Å². The van der Waals surface area contributed by atoms with Gasteiger partial charge in [-0.3, -0.25) is 9.59 Å². The molecule has 0 aromatic heterocycles. The molecule has 0 radical (unpaired) electrons. The highest BCUT2D eigenvalue weighted by Crippen LogP contribution is 2.22. The first-order valence-electron chi connectivity index (χ1n) is 9.70. The standard InChI is InChI=1S/C23H28N2O5/c1-14(24-21(28)16-7-9-17(10-8-16)23(2,3)4)20(27)25-19(22(29)30)13-15-5-11-18(26)12-6-15/h5-12,14,19,26H,13H2,1-4H3,(H,24,28)(H,25,27)(H,29,30)/t14-,19+/m1/s1. The Labute approximate surface area is 176 Å². The van der Waals surface area contributed by atoms with Gasteiger partial charge in [-0.05, 0) is 47.7 Å². The summed E-state index contributed by atoms with van der Waals surface area (Å²) in [5, 5.41) is 23.8. The number of aromatic hydroxyl groups is 1. The van der Waals surface area contributed by atoms with Gasteiger partial charge in [-0.1, -0.05) is 45.0 Å². The fraction of sp³-hybridized carbons (Fsp3) is 0.348. The average molecular weight is 412 g/mol. The molecule has 0 saturated carbocycles. The highest BCUT2D eigenvalue weighted by atomic mass is 16.4. The molecule has 0 fully saturated rings. The third kappa shape index (κ3) is 6.34. The largest absolute Gasteiger partial charge is 0.508 e. The van der Waals surface area contributed by atoms with Crippen molar-refractivity contribution in [3.05, 3.63) is 65.2 Å². The Bertz CT molecular complexity index is 899. The maximum Gasteiger partial charge on any atom is 0.326 e. The molecule has 2 rings (SSSR count). The number of hydrogen-bond donors (Lipinski definition) is 4. The molecule has 4 N–H and O–H groups in total. The maximum atomic E-state index is 12.4. The van der Waals surface area contributed by atoms with Gasteiger partial charge in [0, 0.05) is 12.0 Å². The van der Waals surface area contributed by atoms with Gasteiger partial charge in [-0.2, -0.15) is 0 Å². The predicted molar refractivity (Wildman–Crippen MR) is 113 cm³/mol. The number of carboxylic acid groups (broad SMARTS) is 1. The van der Waals surface area contributed by atoms with Gasteiger partial charge in [0.25, 0.3) is 5.91 Å². The van der Waals surface area contributed by atoms with E-state index < -0.39 is 29.9 Å². The lowest BCUT2D eigenvalue weighted by Gasteiger charge is -2.20. The van der Waals surface area contributed by atoms with Crippen LogP contribution >= 0.6 is 0 Å². The normalized spacial score (nSPS) is 13.2. The Balaban J connectivity index is 1.98. The quantitative estimate of drug-likeness (QED) is 0.558. The summed E-state index contributed by atoms with van der Waals surface area (Å²) in [6, 6.07) is 11.1. The number of amides is 2. The molecular formula is C23H28N2O5. The van der Waals surface area contributed by atoms with E-state index in [0.717, 1.165) is 5.56 Å². The van der Waals surface area contributed by atoms with Gasteiger partial charge in [0.05, 0.1) is 0 Å². The van der Waals surface area contributed by atoms with Crippen LogP contribution in [0.1, 0.15) is 49.2 Å². The molecule has 0 bridgehead atoms. The van der Waals surface area contributed by atoms with E-state index in [4.69, 9.17) is 0 Å². The molecule has 2 atom stereocenters. The minimum Gasteiger partial charge on any atom is -0.508 e. The summed E-state index contributed by atoms with van der Waals surface area (Å²) in [6.07, 6.45) is 0.0519. The third-order valence-electron chi connectivity index (χ3n) is 4.74. The van der Waals surface area contributed by atoms with Gasteiger partial charge in [-0.25, -0.2) is 4.79 Å². The van der Waals surface area contributed by atoms with Crippen molar-refractivity contribution in [3.63, 3.8) is 0 Å². The summed E-state index contributed by atoms with van der Waals surface area (Å²) < 4.78 is 0. The van der Waals surface area contributed by atoms with Crippen molar-refractivity contribution in [1.29, 1.82) is 0 Å². The Hall–Kier alpha value is -3.35. The summed E-state index contributed by atoms with van der Waals surface area (Å²) in [4.78, 5) is 36.4. The molecule has 2 aromatic rings. The van der Waals surface area contributed by atoms with E-state index in [2.05, 4.69) is 31.4 Å². The summed E-state index contributed by atoms with van der Waals surface area (Å²) in [7, 11) is 0. The van der Waals surface area contributed by atoms with Gasteiger partial charge in [0.1, 0.15) is 17.8 Å². The first kappa shape index (κ1) is 22.9. The van der Waals surface area contributed by atoms with Crippen molar-refractivity contribution >= 4 is 17.8 Å². The monoisotopic (exact) mass is 412 g/mol. The fourth-order valence-electron chi connectivity index (χ4n) is 2.83. The first-order valence-corrected chi connectivity index (χ1v) is 9.70. The number of carbonyl (C=O) groups excluding carboxylic acids is 2. The summed E-state index contributed by atoms with van der Waals surface area (Å²) in [5.74, 6) is -2.13. The Morgan fingerprint density at radius 1 is 0.933 bits per heavy atom. The third-order valence-corrected chi connectivity index (χ3v) is 4.74. The van der Waals surface area contributed by atoms with Gasteiger partial charge in [0.2, 0.25) is 5.91 Å². The van der Waals surface area contributed by atoms with E-state index in [9.17, 15) is 24.6 Å². The second-order valence-corrected chi connectivity index (χ2v) is 8.29. The van der Waals surface area contributed by atoms with Crippen LogP contribution in [0.3, 0.4) is 0 Å². The van der Waals surface area contributed by atoms with Crippen molar-refractivity contribution in [2.24, 2.45) is 0 Å². The second-order valence-electron chi connectivity index (χ2n) is 8.29. The number of benzene rings is 2. The number of rotatable bonds is 7. The maximum absolute atomic E-state index is 12.4. The van der Waals surface area contributed by atoms with Crippen LogP contribution in [-0.4, -0.2) is 40.1 Å². The Morgan fingerprint density at radius 3 is 2.00 bits per heavy atom. The van der Waals surface area contributed by atoms with E-state index in [0.29, 0.717) is 11.1 Å². The van der Waals surface area contributed by atoms with Crippen LogP contribution in [0.25, 0.3) is 0 Å². The number of aliphatic carboxylic acids is 1. The van der Waals surface area contributed by atoms with Crippen LogP contribution in [-0.2, 0) is 21.4 Å².